The second-order valence-corrected chi connectivity index (χ2v) is 9.48. The molecule has 7 heteroatoms. The average molecular weight is 459 g/mol. The van der Waals surface area contributed by atoms with Crippen LogP contribution in [0.2, 0.25) is 5.02 Å². The lowest BCUT2D eigenvalue weighted by atomic mass is 10.1. The van der Waals surface area contributed by atoms with Crippen molar-refractivity contribution in [3.63, 3.8) is 0 Å². The van der Waals surface area contributed by atoms with Crippen molar-refractivity contribution >= 4 is 23.4 Å². The molecular weight excluding hydrogens is 428 g/mol. The fraction of sp³-hybridized carbons (Fsp3) is 0.440. The molecule has 1 aliphatic heterocycles. The van der Waals surface area contributed by atoms with E-state index in [0.29, 0.717) is 37.0 Å². The van der Waals surface area contributed by atoms with E-state index in [0.717, 1.165) is 16.9 Å². The highest BCUT2D eigenvalue weighted by Crippen LogP contribution is 2.31. The molecule has 2 aromatic rings. The average Bonchev–Trinajstić information content (AvgIpc) is 2.74. The van der Waals surface area contributed by atoms with Crippen molar-refractivity contribution in [2.45, 2.75) is 58.7 Å². The van der Waals surface area contributed by atoms with Crippen molar-refractivity contribution < 1.29 is 19.1 Å². The van der Waals surface area contributed by atoms with Crippen molar-refractivity contribution in [2.75, 3.05) is 13.2 Å². The van der Waals surface area contributed by atoms with Gasteiger partial charge in [0, 0.05) is 23.5 Å². The molecule has 0 spiro atoms. The van der Waals surface area contributed by atoms with Gasteiger partial charge >= 0.3 is 0 Å². The number of ether oxygens (including phenoxy) is 2. The molecule has 2 amide bonds. The topological polar surface area (TPSA) is 67.9 Å². The molecule has 1 unspecified atom stereocenters. The number of aryl methyl sites for hydroxylation is 1. The Labute approximate surface area is 194 Å². The Hall–Kier alpha value is -2.73. The van der Waals surface area contributed by atoms with Crippen LogP contribution in [0.5, 0.6) is 11.5 Å². The van der Waals surface area contributed by atoms with E-state index in [2.05, 4.69) is 5.32 Å². The third kappa shape index (κ3) is 6.63. The first-order chi connectivity index (χ1) is 15.1. The van der Waals surface area contributed by atoms with Gasteiger partial charge < -0.3 is 19.7 Å². The summed E-state index contributed by atoms with van der Waals surface area (Å²) in [6, 6.07) is 12.5. The second kappa shape index (κ2) is 10.3. The minimum absolute atomic E-state index is 0.101. The minimum Gasteiger partial charge on any atom is -0.486 e. The van der Waals surface area contributed by atoms with E-state index < -0.39 is 6.04 Å². The van der Waals surface area contributed by atoms with Crippen LogP contribution in [0.1, 0.15) is 45.2 Å². The lowest BCUT2D eigenvalue weighted by molar-refractivity contribution is -0.141. The van der Waals surface area contributed by atoms with Gasteiger partial charge in [-0.1, -0.05) is 29.8 Å². The molecule has 172 valence electrons. The van der Waals surface area contributed by atoms with Crippen LogP contribution in [0.15, 0.2) is 42.5 Å². The first kappa shape index (κ1) is 23.9. The lowest BCUT2D eigenvalue weighted by Crippen LogP contribution is -2.52. The Morgan fingerprint density at radius 1 is 1.06 bits per heavy atom. The third-order valence-corrected chi connectivity index (χ3v) is 5.38. The highest BCUT2D eigenvalue weighted by molar-refractivity contribution is 6.30. The van der Waals surface area contributed by atoms with Gasteiger partial charge in [0.1, 0.15) is 19.3 Å². The van der Waals surface area contributed by atoms with E-state index in [9.17, 15) is 9.59 Å². The highest BCUT2D eigenvalue weighted by atomic mass is 35.5. The van der Waals surface area contributed by atoms with Crippen LogP contribution in [0, 0.1) is 0 Å². The summed E-state index contributed by atoms with van der Waals surface area (Å²) in [6.07, 6.45) is 0.808. The number of halogens is 1. The summed E-state index contributed by atoms with van der Waals surface area (Å²) in [5.74, 6) is 1.14. The van der Waals surface area contributed by atoms with Crippen molar-refractivity contribution in [3.05, 3.63) is 58.6 Å². The zero-order valence-electron chi connectivity index (χ0n) is 19.1. The maximum atomic E-state index is 13.3. The number of nitrogens with zero attached hydrogens (tertiary/aromatic N) is 1. The summed E-state index contributed by atoms with van der Waals surface area (Å²) in [5.41, 5.74) is 1.47. The lowest BCUT2D eigenvalue weighted by Gasteiger charge is -2.31. The van der Waals surface area contributed by atoms with Crippen molar-refractivity contribution in [1.29, 1.82) is 0 Å². The molecule has 0 radical (unpaired) electrons. The van der Waals surface area contributed by atoms with Crippen LogP contribution < -0.4 is 14.8 Å². The standard InChI is InChI=1S/C25H31ClN2O4/c1-17(24(30)27-25(2,3)4)28(16-19-6-5-7-20(26)14-19)23(29)11-9-18-8-10-21-22(15-18)32-13-12-31-21/h5-8,10,14-15,17H,9,11-13,16H2,1-4H3,(H,27,30). The van der Waals surface area contributed by atoms with Crippen LogP contribution >= 0.6 is 11.6 Å². The summed E-state index contributed by atoms with van der Waals surface area (Å²) < 4.78 is 11.2. The van der Waals surface area contributed by atoms with Gasteiger partial charge in [-0.3, -0.25) is 9.59 Å². The van der Waals surface area contributed by atoms with Crippen LogP contribution in [0.3, 0.4) is 0 Å². The number of fused-ring (bicyclic) bond motifs is 1. The molecule has 6 nitrogen and oxygen atoms in total. The van der Waals surface area contributed by atoms with E-state index in [4.69, 9.17) is 21.1 Å². The minimum atomic E-state index is -0.624. The number of benzene rings is 2. The molecule has 0 fully saturated rings. The van der Waals surface area contributed by atoms with Gasteiger partial charge in [0.15, 0.2) is 11.5 Å². The number of rotatable bonds is 7. The Bertz CT molecular complexity index is 971. The van der Waals surface area contributed by atoms with E-state index in [1.54, 1.807) is 17.9 Å². The SMILES string of the molecule is CC(C(=O)NC(C)(C)C)N(Cc1cccc(Cl)c1)C(=O)CCc1ccc2c(c1)OCCO2. The van der Waals surface area contributed by atoms with Crippen molar-refractivity contribution in [3.8, 4) is 11.5 Å². The van der Waals surface area contributed by atoms with E-state index >= 15 is 0 Å². The first-order valence-electron chi connectivity index (χ1n) is 10.9. The number of hydrogen-bond donors (Lipinski definition) is 1. The molecule has 0 bridgehead atoms. The van der Waals surface area contributed by atoms with Gasteiger partial charge in [-0.25, -0.2) is 0 Å². The molecule has 3 rings (SSSR count). The predicted octanol–water partition coefficient (Wildman–Crippen LogP) is 4.38. The molecule has 0 saturated carbocycles. The van der Waals surface area contributed by atoms with Crippen LogP contribution in [0.25, 0.3) is 0 Å². The van der Waals surface area contributed by atoms with Crippen molar-refractivity contribution in [2.24, 2.45) is 0 Å². The number of carbonyl (C=O) groups is 2. The molecule has 1 atom stereocenters. The third-order valence-electron chi connectivity index (χ3n) is 5.14. The van der Waals surface area contributed by atoms with Crippen LogP contribution in [-0.4, -0.2) is 41.5 Å². The molecule has 1 heterocycles. The van der Waals surface area contributed by atoms with Gasteiger partial charge in [-0.05, 0) is 69.5 Å². The molecule has 1 N–H and O–H groups in total. The maximum absolute atomic E-state index is 13.3. The molecule has 1 aliphatic rings. The summed E-state index contributed by atoms with van der Waals surface area (Å²) in [6.45, 7) is 8.88. The zero-order chi connectivity index (χ0) is 23.3. The fourth-order valence-corrected chi connectivity index (χ4v) is 3.74. The number of hydrogen-bond acceptors (Lipinski definition) is 4. The molecule has 0 aliphatic carbocycles. The normalized spacial score (nSPS) is 13.9. The molecule has 2 aromatic carbocycles. The number of nitrogens with one attached hydrogen (secondary N) is 1. The Morgan fingerprint density at radius 2 is 1.78 bits per heavy atom. The molecule has 0 saturated heterocycles. The number of amides is 2. The predicted molar refractivity (Wildman–Crippen MR) is 125 cm³/mol. The quantitative estimate of drug-likeness (QED) is 0.668. The van der Waals surface area contributed by atoms with E-state index in [1.165, 1.54) is 0 Å². The summed E-state index contributed by atoms with van der Waals surface area (Å²) in [4.78, 5) is 27.7. The summed E-state index contributed by atoms with van der Waals surface area (Å²) in [7, 11) is 0. The Kier molecular flexibility index (Phi) is 7.67. The Balaban J connectivity index is 1.73. The zero-order valence-corrected chi connectivity index (χ0v) is 19.9. The fourth-order valence-electron chi connectivity index (χ4n) is 3.53. The van der Waals surface area contributed by atoms with Gasteiger partial charge in [-0.15, -0.1) is 0 Å². The highest BCUT2D eigenvalue weighted by Gasteiger charge is 2.28. The summed E-state index contributed by atoms with van der Waals surface area (Å²) in [5, 5.41) is 3.57. The van der Waals surface area contributed by atoms with Gasteiger partial charge in [0.2, 0.25) is 11.8 Å². The largest absolute Gasteiger partial charge is 0.486 e. The second-order valence-electron chi connectivity index (χ2n) is 9.04. The Morgan fingerprint density at radius 3 is 2.47 bits per heavy atom. The van der Waals surface area contributed by atoms with E-state index in [1.807, 2.05) is 57.2 Å². The first-order valence-corrected chi connectivity index (χ1v) is 11.2. The van der Waals surface area contributed by atoms with Gasteiger partial charge in [-0.2, -0.15) is 0 Å². The summed E-state index contributed by atoms with van der Waals surface area (Å²) >= 11 is 6.13. The van der Waals surface area contributed by atoms with Crippen molar-refractivity contribution in [1.82, 2.24) is 10.2 Å². The molecule has 32 heavy (non-hydrogen) atoms. The maximum Gasteiger partial charge on any atom is 0.242 e. The molecular formula is C25H31ClN2O4. The van der Waals surface area contributed by atoms with E-state index in [-0.39, 0.29) is 23.8 Å². The monoisotopic (exact) mass is 458 g/mol. The number of carbonyl (C=O) groups excluding carboxylic acids is 2. The van der Waals surface area contributed by atoms with Gasteiger partial charge in [0.25, 0.3) is 0 Å². The molecule has 0 aromatic heterocycles. The van der Waals surface area contributed by atoms with Crippen LogP contribution in [-0.2, 0) is 22.6 Å². The van der Waals surface area contributed by atoms with Crippen LogP contribution in [0.4, 0.5) is 0 Å². The van der Waals surface area contributed by atoms with Gasteiger partial charge in [0.05, 0.1) is 0 Å². The smallest absolute Gasteiger partial charge is 0.242 e.